The molecule has 2 rings (SSSR count). The maximum absolute atomic E-state index is 12.0. The molecule has 92 valence electrons. The zero-order valence-electron chi connectivity index (χ0n) is 10.2. The van der Waals surface area contributed by atoms with E-state index in [4.69, 9.17) is 5.26 Å². The van der Waals surface area contributed by atoms with Gasteiger partial charge in [0.25, 0.3) is 5.56 Å². The van der Waals surface area contributed by atoms with Crippen LogP contribution in [0.15, 0.2) is 15.7 Å². The molecule has 6 heteroatoms. The molecule has 0 bridgehead atoms. The molecule has 5 nitrogen and oxygen atoms in total. The van der Waals surface area contributed by atoms with Crippen LogP contribution in [0.2, 0.25) is 0 Å². The molecule has 0 atom stereocenters. The highest BCUT2D eigenvalue weighted by Gasteiger charge is 2.11. The normalized spacial score (nSPS) is 10.3. The number of thiazole rings is 1. The van der Waals surface area contributed by atoms with E-state index in [0.717, 1.165) is 5.69 Å². The Morgan fingerprint density at radius 2 is 2.28 bits per heavy atom. The predicted octanol–water partition coefficient (Wildman–Crippen LogP) is 1.43. The van der Waals surface area contributed by atoms with E-state index in [2.05, 4.69) is 10.1 Å². The summed E-state index contributed by atoms with van der Waals surface area (Å²) in [4.78, 5) is 16.1. The van der Waals surface area contributed by atoms with Gasteiger partial charge in [-0.1, -0.05) is 0 Å². The van der Waals surface area contributed by atoms with Gasteiger partial charge >= 0.3 is 0 Å². The second kappa shape index (κ2) is 5.10. The minimum atomic E-state index is -0.323. The second-order valence-electron chi connectivity index (χ2n) is 3.96. The molecule has 2 aromatic rings. The van der Waals surface area contributed by atoms with Crippen LogP contribution in [0.5, 0.6) is 0 Å². The van der Waals surface area contributed by atoms with Crippen molar-refractivity contribution in [2.24, 2.45) is 0 Å². The number of rotatable bonds is 3. The molecule has 0 aliphatic heterocycles. The minimum Gasteiger partial charge on any atom is -0.266 e. The van der Waals surface area contributed by atoms with Gasteiger partial charge in [-0.3, -0.25) is 4.79 Å². The van der Waals surface area contributed by atoms with Gasteiger partial charge < -0.3 is 0 Å². The predicted molar refractivity (Wildman–Crippen MR) is 68.5 cm³/mol. The van der Waals surface area contributed by atoms with Crippen molar-refractivity contribution in [2.75, 3.05) is 0 Å². The first-order valence-electron chi connectivity index (χ1n) is 5.49. The second-order valence-corrected chi connectivity index (χ2v) is 4.67. The monoisotopic (exact) mass is 260 g/mol. The minimum absolute atomic E-state index is 0.181. The molecule has 0 saturated carbocycles. The van der Waals surface area contributed by atoms with Gasteiger partial charge in [-0.05, 0) is 19.4 Å². The van der Waals surface area contributed by atoms with E-state index in [1.165, 1.54) is 16.0 Å². The third kappa shape index (κ3) is 2.31. The first-order chi connectivity index (χ1) is 8.63. The van der Waals surface area contributed by atoms with Crippen molar-refractivity contribution in [3.05, 3.63) is 43.8 Å². The van der Waals surface area contributed by atoms with E-state index in [0.29, 0.717) is 24.2 Å². The average molecular weight is 260 g/mol. The first kappa shape index (κ1) is 12.5. The standard InChI is InChI=1S/C12H12N4OS/c1-8-9(2)15-16(12(17)11(8)5-13)4-3-10-6-18-7-14-10/h6-7H,3-4H2,1-2H3. The number of hydrogen-bond acceptors (Lipinski definition) is 5. The molecular weight excluding hydrogens is 248 g/mol. The SMILES string of the molecule is Cc1nn(CCc2cscn2)c(=O)c(C#N)c1C. The Kier molecular flexibility index (Phi) is 3.53. The van der Waals surface area contributed by atoms with Crippen molar-refractivity contribution in [3.63, 3.8) is 0 Å². The van der Waals surface area contributed by atoms with Gasteiger partial charge in [-0.2, -0.15) is 10.4 Å². The molecule has 2 aromatic heterocycles. The van der Waals surface area contributed by atoms with Crippen LogP contribution in [0.25, 0.3) is 0 Å². The van der Waals surface area contributed by atoms with Crippen LogP contribution >= 0.6 is 11.3 Å². The number of nitrogens with zero attached hydrogens (tertiary/aromatic N) is 4. The highest BCUT2D eigenvalue weighted by Crippen LogP contribution is 2.06. The van der Waals surface area contributed by atoms with Gasteiger partial charge in [0, 0.05) is 11.8 Å². The molecule has 0 radical (unpaired) electrons. The largest absolute Gasteiger partial charge is 0.284 e. The van der Waals surface area contributed by atoms with Gasteiger partial charge in [0.2, 0.25) is 0 Å². The fraction of sp³-hybridized carbons (Fsp3) is 0.333. The van der Waals surface area contributed by atoms with Crippen molar-refractivity contribution >= 4 is 11.3 Å². The molecule has 0 N–H and O–H groups in total. The zero-order valence-corrected chi connectivity index (χ0v) is 11.0. The van der Waals surface area contributed by atoms with Crippen LogP contribution in [0.3, 0.4) is 0 Å². The van der Waals surface area contributed by atoms with E-state index < -0.39 is 0 Å². The molecule has 0 aliphatic rings. The van der Waals surface area contributed by atoms with Gasteiger partial charge in [0.15, 0.2) is 0 Å². The van der Waals surface area contributed by atoms with Crippen molar-refractivity contribution in [1.82, 2.24) is 14.8 Å². The van der Waals surface area contributed by atoms with Crippen LogP contribution in [-0.4, -0.2) is 14.8 Å². The van der Waals surface area contributed by atoms with E-state index >= 15 is 0 Å². The lowest BCUT2D eigenvalue weighted by atomic mass is 10.1. The summed E-state index contributed by atoms with van der Waals surface area (Å²) >= 11 is 1.52. The summed E-state index contributed by atoms with van der Waals surface area (Å²) in [5, 5.41) is 15.1. The number of aromatic nitrogens is 3. The summed E-state index contributed by atoms with van der Waals surface area (Å²) in [5.74, 6) is 0. The lowest BCUT2D eigenvalue weighted by Gasteiger charge is -2.07. The smallest absolute Gasteiger partial charge is 0.266 e. The van der Waals surface area contributed by atoms with Gasteiger partial charge in [-0.15, -0.1) is 11.3 Å². The molecule has 0 fully saturated rings. The molecule has 0 amide bonds. The third-order valence-corrected chi connectivity index (χ3v) is 3.45. The Bertz CT molecular complexity index is 652. The van der Waals surface area contributed by atoms with Crippen LogP contribution < -0.4 is 5.56 Å². The topological polar surface area (TPSA) is 71.6 Å². The van der Waals surface area contributed by atoms with Crippen LogP contribution in [0, 0.1) is 25.2 Å². The van der Waals surface area contributed by atoms with Crippen LogP contribution in [0.1, 0.15) is 22.5 Å². The van der Waals surface area contributed by atoms with E-state index in [1.54, 1.807) is 19.4 Å². The Hall–Kier alpha value is -2.00. The average Bonchev–Trinajstić information content (AvgIpc) is 2.86. The summed E-state index contributed by atoms with van der Waals surface area (Å²) < 4.78 is 1.35. The Balaban J connectivity index is 2.32. The molecule has 0 aromatic carbocycles. The third-order valence-electron chi connectivity index (χ3n) is 2.81. The molecule has 2 heterocycles. The molecule has 18 heavy (non-hydrogen) atoms. The van der Waals surface area contributed by atoms with Crippen molar-refractivity contribution in [2.45, 2.75) is 26.8 Å². The summed E-state index contributed by atoms with van der Waals surface area (Å²) in [5.41, 5.74) is 3.92. The zero-order chi connectivity index (χ0) is 13.1. The van der Waals surface area contributed by atoms with Crippen molar-refractivity contribution < 1.29 is 0 Å². The summed E-state index contributed by atoms with van der Waals surface area (Å²) in [6, 6.07) is 1.95. The van der Waals surface area contributed by atoms with Crippen molar-refractivity contribution in [3.8, 4) is 6.07 Å². The maximum Gasteiger partial charge on any atom is 0.284 e. The highest BCUT2D eigenvalue weighted by atomic mass is 32.1. The van der Waals surface area contributed by atoms with E-state index in [9.17, 15) is 4.79 Å². The molecule has 0 saturated heterocycles. The highest BCUT2D eigenvalue weighted by molar-refractivity contribution is 7.07. The quantitative estimate of drug-likeness (QED) is 0.837. The van der Waals surface area contributed by atoms with E-state index in [1.807, 2.05) is 11.4 Å². The van der Waals surface area contributed by atoms with Gasteiger partial charge in [-0.25, -0.2) is 9.67 Å². The number of nitriles is 1. The maximum atomic E-state index is 12.0. The summed E-state index contributed by atoms with van der Waals surface area (Å²) in [7, 11) is 0. The fourth-order valence-electron chi connectivity index (χ4n) is 1.64. The number of aryl methyl sites for hydroxylation is 3. The molecule has 0 spiro atoms. The summed E-state index contributed by atoms with van der Waals surface area (Å²) in [6.07, 6.45) is 0.643. The molecular formula is C12H12N4OS. The van der Waals surface area contributed by atoms with E-state index in [-0.39, 0.29) is 11.1 Å². The van der Waals surface area contributed by atoms with Crippen LogP contribution in [0.4, 0.5) is 0 Å². The Labute approximate surface area is 108 Å². The molecule has 0 aliphatic carbocycles. The van der Waals surface area contributed by atoms with Gasteiger partial charge in [0.05, 0.1) is 23.4 Å². The van der Waals surface area contributed by atoms with Gasteiger partial charge in [0.1, 0.15) is 11.6 Å². The van der Waals surface area contributed by atoms with Crippen LogP contribution in [-0.2, 0) is 13.0 Å². The lowest BCUT2D eigenvalue weighted by Crippen LogP contribution is -2.28. The lowest BCUT2D eigenvalue weighted by molar-refractivity contribution is 0.563. The van der Waals surface area contributed by atoms with Crippen molar-refractivity contribution in [1.29, 1.82) is 5.26 Å². The Morgan fingerprint density at radius 3 is 2.89 bits per heavy atom. The summed E-state index contributed by atoms with van der Waals surface area (Å²) in [6.45, 7) is 3.99. The Morgan fingerprint density at radius 1 is 1.50 bits per heavy atom. The molecule has 0 unspecified atom stereocenters. The first-order valence-corrected chi connectivity index (χ1v) is 6.43. The fourth-order valence-corrected chi connectivity index (χ4v) is 2.23. The number of hydrogen-bond donors (Lipinski definition) is 0.